The minimum Gasteiger partial charge on any atom is -0.273 e. The van der Waals surface area contributed by atoms with Gasteiger partial charge in [-0.25, -0.2) is 5.01 Å². The molecule has 0 fully saturated rings. The quantitative estimate of drug-likeness (QED) is 0.443. The molecule has 0 saturated carbocycles. The van der Waals surface area contributed by atoms with E-state index >= 15 is 0 Å². The summed E-state index contributed by atoms with van der Waals surface area (Å²) in [4.78, 5) is 25.0. The summed E-state index contributed by atoms with van der Waals surface area (Å²) in [6.07, 6.45) is 10.1. The zero-order valence-electron chi connectivity index (χ0n) is 17.0. The Morgan fingerprint density at radius 1 is 0.885 bits per heavy atom. The Labute approximate surface area is 159 Å². The molecule has 4 nitrogen and oxygen atoms in total. The number of carbonyl (C=O) groups excluding carboxylic acids is 2. The van der Waals surface area contributed by atoms with E-state index in [1.54, 1.807) is 12.1 Å². The lowest BCUT2D eigenvalue weighted by atomic mass is 10.1. The van der Waals surface area contributed by atoms with Crippen LogP contribution in [0.25, 0.3) is 0 Å². The van der Waals surface area contributed by atoms with Gasteiger partial charge in [0, 0.05) is 12.0 Å². The van der Waals surface area contributed by atoms with Crippen LogP contribution >= 0.6 is 0 Å². The number of unbranched alkanes of at least 4 members (excludes halogenated alkanes) is 7. The normalized spacial score (nSPS) is 11.2. The highest BCUT2D eigenvalue weighted by molar-refractivity contribution is 5.95. The molecule has 0 aromatic heterocycles. The third-order valence-corrected chi connectivity index (χ3v) is 4.41. The van der Waals surface area contributed by atoms with Gasteiger partial charge in [0.2, 0.25) is 5.91 Å². The van der Waals surface area contributed by atoms with E-state index in [1.165, 1.54) is 43.5 Å². The van der Waals surface area contributed by atoms with E-state index < -0.39 is 5.54 Å². The van der Waals surface area contributed by atoms with Crippen molar-refractivity contribution in [2.75, 3.05) is 0 Å². The molecular formula is C22H36N2O2. The number of hydrogen-bond donors (Lipinski definition) is 1. The van der Waals surface area contributed by atoms with Crippen molar-refractivity contribution in [2.45, 2.75) is 91.0 Å². The minimum atomic E-state index is -0.457. The first kappa shape index (κ1) is 22.2. The van der Waals surface area contributed by atoms with Crippen molar-refractivity contribution < 1.29 is 9.59 Å². The topological polar surface area (TPSA) is 49.4 Å². The van der Waals surface area contributed by atoms with Crippen molar-refractivity contribution in [3.05, 3.63) is 35.9 Å². The molecule has 0 atom stereocenters. The summed E-state index contributed by atoms with van der Waals surface area (Å²) in [5.74, 6) is -0.266. The van der Waals surface area contributed by atoms with Crippen LogP contribution in [-0.2, 0) is 4.79 Å². The molecular weight excluding hydrogens is 324 g/mol. The van der Waals surface area contributed by atoms with Crippen LogP contribution in [0, 0.1) is 0 Å². The third kappa shape index (κ3) is 8.50. The number of hydrogen-bond acceptors (Lipinski definition) is 2. The van der Waals surface area contributed by atoms with Crippen LogP contribution in [0.5, 0.6) is 0 Å². The van der Waals surface area contributed by atoms with E-state index in [4.69, 9.17) is 0 Å². The lowest BCUT2D eigenvalue weighted by molar-refractivity contribution is -0.139. The highest BCUT2D eigenvalue weighted by Gasteiger charge is 2.28. The Morgan fingerprint density at radius 2 is 1.42 bits per heavy atom. The van der Waals surface area contributed by atoms with Crippen molar-refractivity contribution >= 4 is 11.8 Å². The lowest BCUT2D eigenvalue weighted by Crippen LogP contribution is -2.55. The Morgan fingerprint density at radius 3 is 1.96 bits per heavy atom. The largest absolute Gasteiger partial charge is 0.273 e. The number of nitrogens with one attached hydrogen (secondary N) is 1. The van der Waals surface area contributed by atoms with Gasteiger partial charge in [-0.2, -0.15) is 0 Å². The number of amides is 2. The van der Waals surface area contributed by atoms with Crippen LogP contribution < -0.4 is 5.43 Å². The van der Waals surface area contributed by atoms with E-state index in [9.17, 15) is 9.59 Å². The molecule has 0 aliphatic carbocycles. The second kappa shape index (κ2) is 11.7. The molecule has 0 bridgehead atoms. The molecule has 2 amide bonds. The van der Waals surface area contributed by atoms with Crippen molar-refractivity contribution in [2.24, 2.45) is 0 Å². The fourth-order valence-electron chi connectivity index (χ4n) is 2.88. The van der Waals surface area contributed by atoms with E-state index in [1.807, 2.05) is 39.0 Å². The van der Waals surface area contributed by atoms with Gasteiger partial charge in [0.05, 0.1) is 5.54 Å². The van der Waals surface area contributed by atoms with Gasteiger partial charge < -0.3 is 0 Å². The molecule has 0 aliphatic rings. The van der Waals surface area contributed by atoms with Gasteiger partial charge in [-0.15, -0.1) is 0 Å². The summed E-state index contributed by atoms with van der Waals surface area (Å²) in [5, 5.41) is 1.49. The molecule has 1 aromatic carbocycles. The van der Waals surface area contributed by atoms with Gasteiger partial charge in [0.25, 0.3) is 5.91 Å². The highest BCUT2D eigenvalue weighted by Crippen LogP contribution is 2.16. The van der Waals surface area contributed by atoms with Crippen molar-refractivity contribution in [3.8, 4) is 0 Å². The number of hydrazine groups is 1. The molecule has 0 spiro atoms. The smallest absolute Gasteiger partial charge is 0.269 e. The molecule has 1 aromatic rings. The zero-order chi connectivity index (χ0) is 19.4. The number of nitrogens with zero attached hydrogens (tertiary/aromatic N) is 1. The van der Waals surface area contributed by atoms with Gasteiger partial charge in [-0.1, -0.05) is 70.1 Å². The Balaban J connectivity index is 2.43. The molecule has 0 saturated heterocycles. The Kier molecular flexibility index (Phi) is 10.0. The molecule has 26 heavy (non-hydrogen) atoms. The fourth-order valence-corrected chi connectivity index (χ4v) is 2.88. The Hall–Kier alpha value is -1.84. The summed E-state index contributed by atoms with van der Waals surface area (Å²) < 4.78 is 0. The zero-order valence-corrected chi connectivity index (χ0v) is 17.0. The summed E-state index contributed by atoms with van der Waals surface area (Å²) in [5.41, 5.74) is 2.89. The number of benzene rings is 1. The lowest BCUT2D eigenvalue weighted by Gasteiger charge is -2.35. The van der Waals surface area contributed by atoms with Crippen LogP contribution in [0.1, 0.15) is 95.8 Å². The van der Waals surface area contributed by atoms with Crippen molar-refractivity contribution in [1.29, 1.82) is 0 Å². The van der Waals surface area contributed by atoms with Crippen molar-refractivity contribution in [3.63, 3.8) is 0 Å². The first-order valence-electron chi connectivity index (χ1n) is 10.1. The summed E-state index contributed by atoms with van der Waals surface area (Å²) in [7, 11) is 0. The first-order chi connectivity index (χ1) is 12.4. The number of rotatable bonds is 10. The van der Waals surface area contributed by atoms with Crippen molar-refractivity contribution in [1.82, 2.24) is 10.4 Å². The molecule has 146 valence electrons. The van der Waals surface area contributed by atoms with Crippen LogP contribution in [0.3, 0.4) is 0 Å². The van der Waals surface area contributed by atoms with Gasteiger partial charge in [0.15, 0.2) is 0 Å². The third-order valence-electron chi connectivity index (χ3n) is 4.41. The average Bonchev–Trinajstić information content (AvgIpc) is 2.61. The second-order valence-electron chi connectivity index (χ2n) is 7.93. The standard InChI is InChI=1S/C22H36N2O2/c1-5-6-7-8-9-10-11-15-18-20(25)24(22(2,3)4)23-21(26)19-16-13-12-14-17-19/h12-14,16-17H,5-11,15,18H2,1-4H3,(H,23,26). The maximum Gasteiger partial charge on any atom is 0.269 e. The van der Waals surface area contributed by atoms with Crippen LogP contribution in [0.2, 0.25) is 0 Å². The summed E-state index contributed by atoms with van der Waals surface area (Å²) in [6.45, 7) is 8.03. The molecule has 0 aliphatic heterocycles. The molecule has 0 unspecified atom stereocenters. The van der Waals surface area contributed by atoms with Gasteiger partial charge in [0.1, 0.15) is 0 Å². The molecule has 1 N–H and O–H groups in total. The number of carbonyl (C=O) groups is 2. The van der Waals surface area contributed by atoms with E-state index in [2.05, 4.69) is 12.3 Å². The summed E-state index contributed by atoms with van der Waals surface area (Å²) in [6, 6.07) is 9.00. The van der Waals surface area contributed by atoms with Crippen LogP contribution in [0.15, 0.2) is 30.3 Å². The monoisotopic (exact) mass is 360 g/mol. The van der Waals surface area contributed by atoms with Crippen LogP contribution in [0.4, 0.5) is 0 Å². The highest BCUT2D eigenvalue weighted by atomic mass is 16.2. The van der Waals surface area contributed by atoms with E-state index in [0.29, 0.717) is 12.0 Å². The van der Waals surface area contributed by atoms with Gasteiger partial charge >= 0.3 is 0 Å². The maximum atomic E-state index is 12.6. The minimum absolute atomic E-state index is 0.0206. The Bertz CT molecular complexity index is 535. The van der Waals surface area contributed by atoms with E-state index in [-0.39, 0.29) is 11.8 Å². The SMILES string of the molecule is CCCCCCCCCCC(=O)N(NC(=O)c1ccccc1)C(C)(C)C. The predicted molar refractivity (Wildman–Crippen MR) is 108 cm³/mol. The van der Waals surface area contributed by atoms with Gasteiger partial charge in [-0.3, -0.25) is 15.0 Å². The maximum absolute atomic E-state index is 12.6. The molecule has 0 heterocycles. The predicted octanol–water partition coefficient (Wildman–Crippen LogP) is 5.49. The fraction of sp³-hybridized carbons (Fsp3) is 0.636. The van der Waals surface area contributed by atoms with E-state index in [0.717, 1.165) is 12.8 Å². The molecule has 1 rings (SSSR count). The molecule has 4 heteroatoms. The van der Waals surface area contributed by atoms with Crippen LogP contribution in [-0.4, -0.2) is 22.4 Å². The average molecular weight is 361 g/mol. The summed E-state index contributed by atoms with van der Waals surface area (Å²) >= 11 is 0. The second-order valence-corrected chi connectivity index (χ2v) is 7.93. The van der Waals surface area contributed by atoms with Gasteiger partial charge in [-0.05, 0) is 39.3 Å². The molecule has 0 radical (unpaired) electrons. The first-order valence-corrected chi connectivity index (χ1v) is 10.1.